The number of nitrogens with zero attached hydrogens (tertiary/aromatic N) is 1. The monoisotopic (exact) mass is 453 g/mol. The molecule has 0 spiro atoms. The van der Waals surface area contributed by atoms with Crippen LogP contribution >= 0.6 is 11.3 Å². The molecule has 0 radical (unpaired) electrons. The van der Waals surface area contributed by atoms with E-state index >= 15 is 0 Å². The second kappa shape index (κ2) is 11.3. The molecule has 0 atom stereocenters. The second-order valence-electron chi connectivity index (χ2n) is 7.09. The minimum Gasteiger partial charge on any atom is -0.493 e. The molecule has 0 aliphatic rings. The van der Waals surface area contributed by atoms with Crippen LogP contribution < -0.4 is 20.1 Å². The molecule has 3 aromatic rings. The van der Waals surface area contributed by atoms with Crippen LogP contribution in [-0.4, -0.2) is 37.1 Å². The van der Waals surface area contributed by atoms with E-state index in [1.807, 2.05) is 50.2 Å². The number of ether oxygens (including phenoxy) is 2. The highest BCUT2D eigenvalue weighted by Crippen LogP contribution is 2.28. The van der Waals surface area contributed by atoms with Crippen LogP contribution in [-0.2, 0) is 17.8 Å². The van der Waals surface area contributed by atoms with Gasteiger partial charge >= 0.3 is 0 Å². The summed E-state index contributed by atoms with van der Waals surface area (Å²) in [6.07, 6.45) is 0.703. The maximum absolute atomic E-state index is 12.7. The summed E-state index contributed by atoms with van der Waals surface area (Å²) >= 11 is 1.42. The van der Waals surface area contributed by atoms with Gasteiger partial charge in [-0.15, -0.1) is 11.3 Å². The Morgan fingerprint density at radius 2 is 1.81 bits per heavy atom. The fourth-order valence-electron chi connectivity index (χ4n) is 3.10. The van der Waals surface area contributed by atoms with E-state index in [0.717, 1.165) is 21.8 Å². The number of amides is 2. The normalized spacial score (nSPS) is 10.5. The van der Waals surface area contributed by atoms with E-state index in [9.17, 15) is 9.59 Å². The standard InChI is InChI=1S/C24H27N3O4S/c1-4-25-21(28)15-31-19-11-10-18(12-20(19)30-3)14-26-24(29)23-16(2)27-22(32-23)13-17-8-6-5-7-9-17/h5-12H,4,13-15H2,1-3H3,(H,25,28)(H,26,29). The van der Waals surface area contributed by atoms with E-state index in [4.69, 9.17) is 9.47 Å². The molecular weight excluding hydrogens is 426 g/mol. The van der Waals surface area contributed by atoms with Crippen molar-refractivity contribution in [3.8, 4) is 11.5 Å². The van der Waals surface area contributed by atoms with Crippen molar-refractivity contribution in [3.63, 3.8) is 0 Å². The molecule has 8 heteroatoms. The summed E-state index contributed by atoms with van der Waals surface area (Å²) in [6.45, 7) is 4.49. The lowest BCUT2D eigenvalue weighted by molar-refractivity contribution is -0.123. The van der Waals surface area contributed by atoms with Gasteiger partial charge in [0.2, 0.25) is 0 Å². The van der Waals surface area contributed by atoms with E-state index in [1.54, 1.807) is 12.1 Å². The third-order valence-corrected chi connectivity index (χ3v) is 5.82. The quantitative estimate of drug-likeness (QED) is 0.491. The molecule has 168 valence electrons. The molecule has 0 fully saturated rings. The number of carbonyl (C=O) groups is 2. The molecule has 3 rings (SSSR count). The highest BCUT2D eigenvalue weighted by atomic mass is 32.1. The van der Waals surface area contributed by atoms with Crippen LogP contribution in [0.4, 0.5) is 0 Å². The lowest BCUT2D eigenvalue weighted by Gasteiger charge is -2.12. The Hall–Kier alpha value is -3.39. The first-order valence-corrected chi connectivity index (χ1v) is 11.2. The number of benzene rings is 2. The second-order valence-corrected chi connectivity index (χ2v) is 8.18. The number of likely N-dealkylation sites (N-methyl/N-ethyl adjacent to an activating group) is 1. The van der Waals surface area contributed by atoms with Gasteiger partial charge in [-0.05, 0) is 37.1 Å². The van der Waals surface area contributed by atoms with Gasteiger partial charge in [0.15, 0.2) is 18.1 Å². The fourth-order valence-corrected chi connectivity index (χ4v) is 4.12. The van der Waals surface area contributed by atoms with Crippen LogP contribution in [0.2, 0.25) is 0 Å². The highest BCUT2D eigenvalue weighted by Gasteiger charge is 2.16. The van der Waals surface area contributed by atoms with Gasteiger partial charge in [0.1, 0.15) is 4.88 Å². The van der Waals surface area contributed by atoms with E-state index in [0.29, 0.717) is 35.9 Å². The molecule has 0 bridgehead atoms. The lowest BCUT2D eigenvalue weighted by atomic mass is 10.2. The SMILES string of the molecule is CCNC(=O)COc1ccc(CNC(=O)c2sc(Cc3ccccc3)nc2C)cc1OC. The van der Waals surface area contributed by atoms with Crippen molar-refractivity contribution in [3.05, 3.63) is 75.2 Å². The Morgan fingerprint density at radius 3 is 2.53 bits per heavy atom. The Bertz CT molecular complexity index is 1070. The Kier molecular flexibility index (Phi) is 8.21. The number of carbonyl (C=O) groups excluding carboxylic acids is 2. The zero-order valence-corrected chi connectivity index (χ0v) is 19.3. The molecule has 2 aromatic carbocycles. The number of methoxy groups -OCH3 is 1. The average Bonchev–Trinajstić information content (AvgIpc) is 3.17. The number of rotatable bonds is 10. The van der Waals surface area contributed by atoms with Crippen LogP contribution in [0.5, 0.6) is 11.5 Å². The van der Waals surface area contributed by atoms with E-state index < -0.39 is 0 Å². The first-order valence-electron chi connectivity index (χ1n) is 10.3. The minimum atomic E-state index is -0.197. The topological polar surface area (TPSA) is 89.6 Å². The highest BCUT2D eigenvalue weighted by molar-refractivity contribution is 7.13. The Labute approximate surface area is 191 Å². The van der Waals surface area contributed by atoms with E-state index in [-0.39, 0.29) is 18.4 Å². The van der Waals surface area contributed by atoms with E-state index in [1.165, 1.54) is 18.4 Å². The predicted molar refractivity (Wildman–Crippen MR) is 124 cm³/mol. The van der Waals surface area contributed by atoms with Gasteiger partial charge in [0.05, 0.1) is 17.8 Å². The first-order chi connectivity index (χ1) is 15.5. The number of thiazole rings is 1. The summed E-state index contributed by atoms with van der Waals surface area (Å²) in [4.78, 5) is 29.5. The molecule has 2 N–H and O–H groups in total. The molecule has 1 heterocycles. The molecule has 2 amide bonds. The lowest BCUT2D eigenvalue weighted by Crippen LogP contribution is -2.28. The molecule has 32 heavy (non-hydrogen) atoms. The summed E-state index contributed by atoms with van der Waals surface area (Å²) in [7, 11) is 1.53. The number of aromatic nitrogens is 1. The van der Waals surface area contributed by atoms with Crippen molar-refractivity contribution in [1.82, 2.24) is 15.6 Å². The largest absolute Gasteiger partial charge is 0.493 e. The zero-order valence-electron chi connectivity index (χ0n) is 18.4. The molecule has 0 aliphatic heterocycles. The van der Waals surface area contributed by atoms with Crippen molar-refractivity contribution in [2.75, 3.05) is 20.3 Å². The molecule has 7 nitrogen and oxygen atoms in total. The molecule has 0 saturated heterocycles. The predicted octanol–water partition coefficient (Wildman–Crippen LogP) is 3.50. The van der Waals surface area contributed by atoms with Gasteiger partial charge < -0.3 is 20.1 Å². The molecule has 1 aromatic heterocycles. The number of hydrogen-bond donors (Lipinski definition) is 2. The number of hydrogen-bond acceptors (Lipinski definition) is 6. The minimum absolute atomic E-state index is 0.0871. The average molecular weight is 454 g/mol. The van der Waals surface area contributed by atoms with Gasteiger partial charge in [0.25, 0.3) is 11.8 Å². The summed E-state index contributed by atoms with van der Waals surface area (Å²) in [5, 5.41) is 6.53. The smallest absolute Gasteiger partial charge is 0.263 e. The van der Waals surface area contributed by atoms with Crippen molar-refractivity contribution in [1.29, 1.82) is 0 Å². The van der Waals surface area contributed by atoms with Gasteiger partial charge in [-0.1, -0.05) is 36.4 Å². The van der Waals surface area contributed by atoms with Gasteiger partial charge in [-0.3, -0.25) is 9.59 Å². The maximum Gasteiger partial charge on any atom is 0.263 e. The summed E-state index contributed by atoms with van der Waals surface area (Å²) in [5.74, 6) is 0.616. The van der Waals surface area contributed by atoms with Crippen LogP contribution in [0.1, 0.15) is 38.4 Å². The molecule has 0 unspecified atom stereocenters. The molecule has 0 aliphatic carbocycles. The maximum atomic E-state index is 12.7. The Balaban J connectivity index is 1.60. The number of aryl methyl sites for hydroxylation is 1. The van der Waals surface area contributed by atoms with Gasteiger partial charge in [-0.25, -0.2) is 4.98 Å². The third kappa shape index (κ3) is 6.31. The summed E-state index contributed by atoms with van der Waals surface area (Å²) in [5.41, 5.74) is 2.74. The summed E-state index contributed by atoms with van der Waals surface area (Å²) in [6, 6.07) is 15.4. The Morgan fingerprint density at radius 1 is 1.03 bits per heavy atom. The molecular formula is C24H27N3O4S. The third-order valence-electron chi connectivity index (χ3n) is 4.66. The van der Waals surface area contributed by atoms with Crippen LogP contribution in [0.15, 0.2) is 48.5 Å². The van der Waals surface area contributed by atoms with Crippen molar-refractivity contribution < 1.29 is 19.1 Å². The first kappa shape index (κ1) is 23.3. The van der Waals surface area contributed by atoms with Crippen molar-refractivity contribution in [2.24, 2.45) is 0 Å². The van der Waals surface area contributed by atoms with Crippen LogP contribution in [0, 0.1) is 6.92 Å². The van der Waals surface area contributed by atoms with Crippen molar-refractivity contribution >= 4 is 23.2 Å². The zero-order chi connectivity index (χ0) is 22.9. The van der Waals surface area contributed by atoms with Crippen LogP contribution in [0.3, 0.4) is 0 Å². The number of nitrogens with one attached hydrogen (secondary N) is 2. The van der Waals surface area contributed by atoms with E-state index in [2.05, 4.69) is 15.6 Å². The van der Waals surface area contributed by atoms with Crippen molar-refractivity contribution in [2.45, 2.75) is 26.8 Å². The fraction of sp³-hybridized carbons (Fsp3) is 0.292. The van der Waals surface area contributed by atoms with Gasteiger partial charge in [-0.2, -0.15) is 0 Å². The molecule has 0 saturated carbocycles. The van der Waals surface area contributed by atoms with Gasteiger partial charge in [0, 0.05) is 19.5 Å². The summed E-state index contributed by atoms with van der Waals surface area (Å²) < 4.78 is 10.9. The van der Waals surface area contributed by atoms with Crippen LogP contribution in [0.25, 0.3) is 0 Å².